The van der Waals surface area contributed by atoms with Gasteiger partial charge in [-0.1, -0.05) is 0 Å². The number of pyridine rings is 1. The van der Waals surface area contributed by atoms with Crippen LogP contribution in [0.4, 0.5) is 5.69 Å². The van der Waals surface area contributed by atoms with Gasteiger partial charge in [0.1, 0.15) is 0 Å². The molecule has 4 heteroatoms. The zero-order valence-corrected chi connectivity index (χ0v) is 9.76. The van der Waals surface area contributed by atoms with Gasteiger partial charge in [-0.2, -0.15) is 0 Å². The molecule has 0 spiro atoms. The Morgan fingerprint density at radius 3 is 2.56 bits per heavy atom. The largest absolute Gasteiger partial charge is 0.395 e. The Labute approximate surface area is 96.5 Å². The minimum Gasteiger partial charge on any atom is -0.395 e. The molecule has 0 radical (unpaired) electrons. The quantitative estimate of drug-likeness (QED) is 0.807. The summed E-state index contributed by atoms with van der Waals surface area (Å²) < 4.78 is 0. The lowest BCUT2D eigenvalue weighted by molar-refractivity contribution is 0.189. The molecule has 0 saturated carbocycles. The highest BCUT2D eigenvalue weighted by atomic mass is 16.3. The van der Waals surface area contributed by atoms with E-state index in [0.717, 1.165) is 38.4 Å². The van der Waals surface area contributed by atoms with E-state index in [1.165, 1.54) is 5.69 Å². The van der Waals surface area contributed by atoms with Gasteiger partial charge < -0.3 is 10.0 Å². The lowest BCUT2D eigenvalue weighted by atomic mass is 10.2. The van der Waals surface area contributed by atoms with Crippen molar-refractivity contribution in [2.75, 3.05) is 44.2 Å². The topological polar surface area (TPSA) is 39.6 Å². The maximum absolute atomic E-state index is 8.87. The van der Waals surface area contributed by atoms with Gasteiger partial charge in [0, 0.05) is 38.4 Å². The summed E-state index contributed by atoms with van der Waals surface area (Å²) in [6.07, 6.45) is 1.94. The number of aliphatic hydroxyl groups is 1. The second kappa shape index (κ2) is 5.27. The number of hydrogen-bond acceptors (Lipinski definition) is 4. The predicted octanol–water partition coefficient (Wildman–Crippen LogP) is 0.504. The molecule has 0 unspecified atom stereocenters. The van der Waals surface area contributed by atoms with E-state index in [1.807, 2.05) is 13.1 Å². The van der Waals surface area contributed by atoms with Gasteiger partial charge in [-0.05, 0) is 19.1 Å². The van der Waals surface area contributed by atoms with Gasteiger partial charge in [0.05, 0.1) is 18.5 Å². The maximum Gasteiger partial charge on any atom is 0.0558 e. The summed E-state index contributed by atoms with van der Waals surface area (Å²) in [5, 5.41) is 8.87. The number of aliphatic hydroxyl groups excluding tert-OH is 1. The number of aryl methyl sites for hydroxylation is 1. The number of β-amino-alcohol motifs (C(OH)–C–C–N with tert-alkyl or cyclic N) is 1. The summed E-state index contributed by atoms with van der Waals surface area (Å²) in [6, 6.07) is 4.18. The number of hydrogen-bond donors (Lipinski definition) is 1. The zero-order valence-electron chi connectivity index (χ0n) is 9.76. The van der Waals surface area contributed by atoms with Crippen LogP contribution in [0.3, 0.4) is 0 Å². The summed E-state index contributed by atoms with van der Waals surface area (Å²) in [4.78, 5) is 8.95. The van der Waals surface area contributed by atoms with Crippen molar-refractivity contribution in [1.82, 2.24) is 9.88 Å². The first-order valence-corrected chi connectivity index (χ1v) is 5.80. The van der Waals surface area contributed by atoms with Crippen molar-refractivity contribution < 1.29 is 5.11 Å². The molecule has 1 N–H and O–H groups in total. The molecule has 4 nitrogen and oxygen atoms in total. The average Bonchev–Trinajstić information content (AvgIpc) is 2.32. The Bertz CT molecular complexity index is 318. The van der Waals surface area contributed by atoms with Crippen LogP contribution in [0.5, 0.6) is 0 Å². The van der Waals surface area contributed by atoms with Gasteiger partial charge >= 0.3 is 0 Å². The summed E-state index contributed by atoms with van der Waals surface area (Å²) in [5.41, 5.74) is 2.26. The predicted molar refractivity (Wildman–Crippen MR) is 64.7 cm³/mol. The first-order valence-electron chi connectivity index (χ1n) is 5.80. The van der Waals surface area contributed by atoms with Gasteiger partial charge in [0.25, 0.3) is 0 Å². The SMILES string of the molecule is Cc1ccc(N2CCN(CCO)CC2)cn1. The second-order valence-corrected chi connectivity index (χ2v) is 4.21. The van der Waals surface area contributed by atoms with Gasteiger partial charge in [-0.15, -0.1) is 0 Å². The number of rotatable bonds is 3. The Hall–Kier alpha value is -1.13. The van der Waals surface area contributed by atoms with Crippen LogP contribution in [0.15, 0.2) is 18.3 Å². The number of nitrogens with zero attached hydrogens (tertiary/aromatic N) is 3. The van der Waals surface area contributed by atoms with Crippen LogP contribution >= 0.6 is 0 Å². The van der Waals surface area contributed by atoms with Crippen molar-refractivity contribution in [3.8, 4) is 0 Å². The molecule has 1 aliphatic rings. The maximum atomic E-state index is 8.87. The Kier molecular flexibility index (Phi) is 3.74. The number of piperazine rings is 1. The molecule has 0 atom stereocenters. The molecule has 1 aliphatic heterocycles. The van der Waals surface area contributed by atoms with Crippen molar-refractivity contribution >= 4 is 5.69 Å². The van der Waals surface area contributed by atoms with Crippen LogP contribution in [-0.4, -0.2) is 54.3 Å². The van der Waals surface area contributed by atoms with E-state index in [4.69, 9.17) is 5.11 Å². The Balaban J connectivity index is 1.91. The number of aromatic nitrogens is 1. The Morgan fingerprint density at radius 2 is 2.00 bits per heavy atom. The third kappa shape index (κ3) is 2.71. The lowest BCUT2D eigenvalue weighted by Gasteiger charge is -2.35. The van der Waals surface area contributed by atoms with Crippen molar-refractivity contribution in [2.24, 2.45) is 0 Å². The van der Waals surface area contributed by atoms with E-state index in [1.54, 1.807) is 0 Å². The van der Waals surface area contributed by atoms with Crippen molar-refractivity contribution in [3.05, 3.63) is 24.0 Å². The summed E-state index contributed by atoms with van der Waals surface area (Å²) >= 11 is 0. The van der Waals surface area contributed by atoms with Gasteiger partial charge in [0.2, 0.25) is 0 Å². The molecule has 16 heavy (non-hydrogen) atoms. The van der Waals surface area contributed by atoms with Crippen LogP contribution in [0.2, 0.25) is 0 Å². The van der Waals surface area contributed by atoms with Crippen LogP contribution < -0.4 is 4.90 Å². The smallest absolute Gasteiger partial charge is 0.0558 e. The summed E-state index contributed by atoms with van der Waals surface area (Å²) in [5.74, 6) is 0. The first kappa shape index (κ1) is 11.4. The molecule has 0 bridgehead atoms. The van der Waals surface area contributed by atoms with E-state index >= 15 is 0 Å². The minimum atomic E-state index is 0.256. The molecule has 0 amide bonds. The van der Waals surface area contributed by atoms with Gasteiger partial charge in [0.15, 0.2) is 0 Å². The third-order valence-electron chi connectivity index (χ3n) is 3.05. The molecule has 1 aromatic rings. The Morgan fingerprint density at radius 1 is 1.25 bits per heavy atom. The molecule has 2 heterocycles. The van der Waals surface area contributed by atoms with Crippen molar-refractivity contribution in [2.45, 2.75) is 6.92 Å². The normalized spacial score (nSPS) is 17.8. The monoisotopic (exact) mass is 221 g/mol. The van der Waals surface area contributed by atoms with Crippen molar-refractivity contribution in [3.63, 3.8) is 0 Å². The molecule has 0 aliphatic carbocycles. The van der Waals surface area contributed by atoms with Gasteiger partial charge in [-0.25, -0.2) is 0 Å². The highest BCUT2D eigenvalue weighted by molar-refractivity contribution is 5.44. The third-order valence-corrected chi connectivity index (χ3v) is 3.05. The average molecular weight is 221 g/mol. The molecule has 1 saturated heterocycles. The minimum absolute atomic E-state index is 0.256. The molecule has 88 valence electrons. The second-order valence-electron chi connectivity index (χ2n) is 4.21. The van der Waals surface area contributed by atoms with Crippen LogP contribution in [0, 0.1) is 6.92 Å². The standard InChI is InChI=1S/C12H19N3O/c1-11-2-3-12(10-13-11)15-6-4-14(5-7-15)8-9-16/h2-3,10,16H,4-9H2,1H3. The highest BCUT2D eigenvalue weighted by Crippen LogP contribution is 2.15. The molecule has 2 rings (SSSR count). The summed E-state index contributed by atoms with van der Waals surface area (Å²) in [7, 11) is 0. The lowest BCUT2D eigenvalue weighted by Crippen LogP contribution is -2.47. The van der Waals surface area contributed by atoms with Gasteiger partial charge in [-0.3, -0.25) is 9.88 Å². The fourth-order valence-corrected chi connectivity index (χ4v) is 2.02. The van der Waals surface area contributed by atoms with E-state index in [2.05, 4.69) is 26.9 Å². The van der Waals surface area contributed by atoms with Crippen LogP contribution in [0.1, 0.15) is 5.69 Å². The zero-order chi connectivity index (χ0) is 11.4. The van der Waals surface area contributed by atoms with E-state index in [9.17, 15) is 0 Å². The molecular formula is C12H19N3O. The summed E-state index contributed by atoms with van der Waals surface area (Å²) in [6.45, 7) is 7.13. The van der Waals surface area contributed by atoms with E-state index < -0.39 is 0 Å². The fraction of sp³-hybridized carbons (Fsp3) is 0.583. The van der Waals surface area contributed by atoms with Crippen LogP contribution in [-0.2, 0) is 0 Å². The molecule has 0 aromatic carbocycles. The highest BCUT2D eigenvalue weighted by Gasteiger charge is 2.16. The molecule has 1 aromatic heterocycles. The fourth-order valence-electron chi connectivity index (χ4n) is 2.02. The van der Waals surface area contributed by atoms with Crippen molar-refractivity contribution in [1.29, 1.82) is 0 Å². The first-order chi connectivity index (χ1) is 7.79. The number of anilines is 1. The van der Waals surface area contributed by atoms with E-state index in [0.29, 0.717) is 0 Å². The van der Waals surface area contributed by atoms with Crippen LogP contribution in [0.25, 0.3) is 0 Å². The molecule has 1 fully saturated rings. The molecular weight excluding hydrogens is 202 g/mol. The van der Waals surface area contributed by atoms with E-state index in [-0.39, 0.29) is 6.61 Å².